The molecule has 0 unspecified atom stereocenters. The number of carbonyl (C=O) groups is 1. The minimum absolute atomic E-state index is 0.414. The molecular weight excluding hydrogens is 230 g/mol. The number of aromatic nitrogens is 3. The molecule has 5 nitrogen and oxygen atoms in total. The maximum atomic E-state index is 10.7. The Balaban J connectivity index is 1.82. The number of benzene rings is 1. The molecule has 0 atom stereocenters. The van der Waals surface area contributed by atoms with E-state index in [2.05, 4.69) is 10.3 Å². The van der Waals surface area contributed by atoms with Crippen molar-refractivity contribution in [1.82, 2.24) is 15.0 Å². The summed E-state index contributed by atoms with van der Waals surface area (Å²) in [6, 6.07) is 9.66. The molecule has 5 heteroatoms. The summed E-state index contributed by atoms with van der Waals surface area (Å²) in [5.41, 5.74) is 1.26. The van der Waals surface area contributed by atoms with E-state index in [0.717, 1.165) is 30.6 Å². The average Bonchev–Trinajstić information content (AvgIpc) is 2.77. The molecule has 18 heavy (non-hydrogen) atoms. The highest BCUT2D eigenvalue weighted by Crippen LogP contribution is 2.10. The molecule has 2 rings (SSSR count). The van der Waals surface area contributed by atoms with Crippen molar-refractivity contribution in [3.63, 3.8) is 0 Å². The molecule has 0 spiro atoms. The second kappa shape index (κ2) is 5.95. The first kappa shape index (κ1) is 12.3. The Morgan fingerprint density at radius 3 is 2.83 bits per heavy atom. The lowest BCUT2D eigenvalue weighted by Gasteiger charge is -2.05. The van der Waals surface area contributed by atoms with Crippen LogP contribution in [0.3, 0.4) is 0 Å². The molecule has 0 radical (unpaired) electrons. The molecule has 0 saturated heterocycles. The average molecular weight is 245 g/mol. The number of aryl methyl sites for hydroxylation is 1. The molecule has 1 aromatic carbocycles. The summed E-state index contributed by atoms with van der Waals surface area (Å²) in [5, 5.41) is 7.59. The van der Waals surface area contributed by atoms with E-state index in [1.807, 2.05) is 30.3 Å². The van der Waals surface area contributed by atoms with Gasteiger partial charge in [-0.25, -0.2) is 0 Å². The molecule has 0 amide bonds. The zero-order valence-electron chi connectivity index (χ0n) is 10.2. The van der Waals surface area contributed by atoms with E-state index in [0.29, 0.717) is 12.3 Å². The minimum atomic E-state index is 0.414. The van der Waals surface area contributed by atoms with Crippen molar-refractivity contribution >= 4 is 6.29 Å². The van der Waals surface area contributed by atoms with Crippen LogP contribution in [0.2, 0.25) is 0 Å². The minimum Gasteiger partial charge on any atom is -0.494 e. The Hall–Kier alpha value is -2.17. The maximum absolute atomic E-state index is 10.7. The third-order valence-electron chi connectivity index (χ3n) is 2.65. The van der Waals surface area contributed by atoms with E-state index >= 15 is 0 Å². The van der Waals surface area contributed by atoms with Crippen LogP contribution in [0.1, 0.15) is 22.6 Å². The van der Waals surface area contributed by atoms with E-state index in [-0.39, 0.29) is 0 Å². The monoisotopic (exact) mass is 245 g/mol. The molecule has 1 heterocycles. The number of ether oxygens (including phenoxy) is 1. The number of hydrogen-bond donors (Lipinski definition) is 0. The van der Waals surface area contributed by atoms with Gasteiger partial charge in [0, 0.05) is 7.05 Å². The van der Waals surface area contributed by atoms with Crippen molar-refractivity contribution < 1.29 is 9.53 Å². The number of rotatable bonds is 6. The first-order valence-corrected chi connectivity index (χ1v) is 5.83. The fraction of sp³-hybridized carbons (Fsp3) is 0.308. The Bertz CT molecular complexity index is 508. The van der Waals surface area contributed by atoms with Gasteiger partial charge in [0.2, 0.25) is 0 Å². The first-order chi connectivity index (χ1) is 8.81. The highest BCUT2D eigenvalue weighted by Gasteiger charge is 2.08. The van der Waals surface area contributed by atoms with Crippen LogP contribution in [0.15, 0.2) is 30.3 Å². The second-order valence-corrected chi connectivity index (χ2v) is 3.93. The van der Waals surface area contributed by atoms with Crippen LogP contribution in [0, 0.1) is 0 Å². The fourth-order valence-electron chi connectivity index (χ4n) is 1.72. The van der Waals surface area contributed by atoms with E-state index < -0.39 is 0 Å². The number of aldehydes is 1. The topological polar surface area (TPSA) is 57.0 Å². The number of hydrogen-bond acceptors (Lipinski definition) is 4. The third-order valence-corrected chi connectivity index (χ3v) is 2.65. The van der Waals surface area contributed by atoms with Gasteiger partial charge in [0.15, 0.2) is 6.29 Å². The lowest BCUT2D eigenvalue weighted by atomic mass is 10.2. The highest BCUT2D eigenvalue weighted by atomic mass is 16.5. The van der Waals surface area contributed by atoms with Gasteiger partial charge in [-0.2, -0.15) is 0 Å². The van der Waals surface area contributed by atoms with Crippen molar-refractivity contribution in [2.45, 2.75) is 12.8 Å². The molecule has 0 saturated carbocycles. The SMILES string of the molecule is Cn1nnc(C=O)c1CCCOc1ccccc1. The summed E-state index contributed by atoms with van der Waals surface area (Å²) >= 11 is 0. The summed E-state index contributed by atoms with van der Waals surface area (Å²) < 4.78 is 7.21. The molecule has 0 fully saturated rings. The van der Waals surface area contributed by atoms with Crippen LogP contribution in [0.5, 0.6) is 5.75 Å². The Labute approximate surface area is 105 Å². The molecule has 0 aliphatic heterocycles. The molecule has 1 aromatic heterocycles. The van der Waals surface area contributed by atoms with Gasteiger partial charge in [-0.15, -0.1) is 5.10 Å². The molecule has 0 aliphatic rings. The van der Waals surface area contributed by atoms with Crippen molar-refractivity contribution in [3.8, 4) is 5.75 Å². The van der Waals surface area contributed by atoms with Crippen LogP contribution < -0.4 is 4.74 Å². The van der Waals surface area contributed by atoms with Gasteiger partial charge in [0.25, 0.3) is 0 Å². The summed E-state index contributed by atoms with van der Waals surface area (Å²) in [7, 11) is 1.79. The van der Waals surface area contributed by atoms with Gasteiger partial charge in [-0.3, -0.25) is 9.48 Å². The van der Waals surface area contributed by atoms with E-state index in [9.17, 15) is 4.79 Å². The van der Waals surface area contributed by atoms with Crippen LogP contribution in [0.4, 0.5) is 0 Å². The van der Waals surface area contributed by atoms with Crippen molar-refractivity contribution in [3.05, 3.63) is 41.7 Å². The lowest BCUT2D eigenvalue weighted by Crippen LogP contribution is -2.04. The van der Waals surface area contributed by atoms with Gasteiger partial charge in [0.05, 0.1) is 12.3 Å². The van der Waals surface area contributed by atoms with Gasteiger partial charge in [-0.1, -0.05) is 23.4 Å². The maximum Gasteiger partial charge on any atom is 0.172 e. The predicted molar refractivity (Wildman–Crippen MR) is 66.6 cm³/mol. The van der Waals surface area contributed by atoms with Crippen molar-refractivity contribution in [2.75, 3.05) is 6.61 Å². The summed E-state index contributed by atoms with van der Waals surface area (Å²) in [5.74, 6) is 0.858. The summed E-state index contributed by atoms with van der Waals surface area (Å²) in [4.78, 5) is 10.7. The van der Waals surface area contributed by atoms with E-state index in [4.69, 9.17) is 4.74 Å². The van der Waals surface area contributed by atoms with Gasteiger partial charge < -0.3 is 4.74 Å². The van der Waals surface area contributed by atoms with Crippen LogP contribution in [-0.4, -0.2) is 27.9 Å². The first-order valence-electron chi connectivity index (χ1n) is 5.83. The molecule has 0 N–H and O–H groups in total. The van der Waals surface area contributed by atoms with Gasteiger partial charge >= 0.3 is 0 Å². The van der Waals surface area contributed by atoms with E-state index in [1.165, 1.54) is 0 Å². The highest BCUT2D eigenvalue weighted by molar-refractivity contribution is 5.73. The smallest absolute Gasteiger partial charge is 0.172 e. The largest absolute Gasteiger partial charge is 0.494 e. The summed E-state index contributed by atoms with van der Waals surface area (Å²) in [6.07, 6.45) is 2.28. The quantitative estimate of drug-likeness (QED) is 0.573. The number of para-hydroxylation sites is 1. The fourth-order valence-corrected chi connectivity index (χ4v) is 1.72. The van der Waals surface area contributed by atoms with Gasteiger partial charge in [-0.05, 0) is 25.0 Å². The number of nitrogens with zero attached hydrogens (tertiary/aromatic N) is 3. The molecule has 94 valence electrons. The van der Waals surface area contributed by atoms with Crippen LogP contribution in [-0.2, 0) is 13.5 Å². The zero-order valence-corrected chi connectivity index (χ0v) is 10.2. The molecular formula is C13H15N3O2. The Morgan fingerprint density at radius 1 is 1.33 bits per heavy atom. The predicted octanol–water partition coefficient (Wildman–Crippen LogP) is 1.64. The Morgan fingerprint density at radius 2 is 2.11 bits per heavy atom. The number of carbonyl (C=O) groups excluding carboxylic acids is 1. The lowest BCUT2D eigenvalue weighted by molar-refractivity contribution is 0.111. The third kappa shape index (κ3) is 2.94. The van der Waals surface area contributed by atoms with Crippen molar-refractivity contribution in [1.29, 1.82) is 0 Å². The van der Waals surface area contributed by atoms with Crippen molar-refractivity contribution in [2.24, 2.45) is 7.05 Å². The normalized spacial score (nSPS) is 10.3. The Kier molecular flexibility index (Phi) is 4.06. The van der Waals surface area contributed by atoms with Crippen LogP contribution in [0.25, 0.3) is 0 Å². The van der Waals surface area contributed by atoms with Gasteiger partial charge in [0.1, 0.15) is 11.4 Å². The summed E-state index contributed by atoms with van der Waals surface area (Å²) in [6.45, 7) is 0.605. The van der Waals surface area contributed by atoms with Crippen LogP contribution >= 0.6 is 0 Å². The van der Waals surface area contributed by atoms with E-state index in [1.54, 1.807) is 11.7 Å². The zero-order chi connectivity index (χ0) is 12.8. The molecule has 0 aliphatic carbocycles. The second-order valence-electron chi connectivity index (χ2n) is 3.93. The standard InChI is InChI=1S/C13H15N3O2/c1-16-13(12(10-17)14-15-16)8-5-9-18-11-6-3-2-4-7-11/h2-4,6-7,10H,5,8-9H2,1H3. The molecule has 0 bridgehead atoms. The molecule has 2 aromatic rings.